The van der Waals surface area contributed by atoms with Crippen molar-refractivity contribution >= 4 is 17.5 Å². The summed E-state index contributed by atoms with van der Waals surface area (Å²) in [6.07, 6.45) is 0.617. The van der Waals surface area contributed by atoms with Crippen LogP contribution in [0.3, 0.4) is 0 Å². The van der Waals surface area contributed by atoms with E-state index in [0.717, 1.165) is 0 Å². The third kappa shape index (κ3) is 4.68. The maximum absolute atomic E-state index is 11.8. The summed E-state index contributed by atoms with van der Waals surface area (Å²) in [6, 6.07) is -0.972. The van der Waals surface area contributed by atoms with Gasteiger partial charge in [-0.1, -0.05) is 0 Å². The molecule has 0 bridgehead atoms. The molecule has 0 saturated carbocycles. The smallest absolute Gasteiger partial charge is 0.239 e. The number of hydrogen-bond acceptors (Lipinski definition) is 7. The number of allylic oxidation sites excluding steroid dienone is 2. The molecule has 1 aliphatic rings. The van der Waals surface area contributed by atoms with E-state index in [4.69, 9.17) is 10.5 Å². The van der Waals surface area contributed by atoms with E-state index in [-0.39, 0.29) is 12.2 Å². The SMILES string of the molecule is CC(C)(C)OC[C@H](N)C(=O)NCC1=C(O)C(=O)C=C(O)C1=O. The Balaban J connectivity index is 2.62. The summed E-state index contributed by atoms with van der Waals surface area (Å²) in [6.45, 7) is 4.97. The zero-order valence-electron chi connectivity index (χ0n) is 12.7. The Kier molecular flexibility index (Phi) is 5.45. The molecule has 0 fully saturated rings. The molecular weight excluding hydrogens is 292 g/mol. The van der Waals surface area contributed by atoms with Crippen molar-refractivity contribution in [3.8, 4) is 0 Å². The first-order valence-corrected chi connectivity index (χ1v) is 6.62. The topological polar surface area (TPSA) is 139 Å². The van der Waals surface area contributed by atoms with E-state index < -0.39 is 47.2 Å². The van der Waals surface area contributed by atoms with Crippen molar-refractivity contribution in [1.29, 1.82) is 0 Å². The Bertz CT molecular complexity index is 556. The van der Waals surface area contributed by atoms with E-state index in [0.29, 0.717) is 6.08 Å². The summed E-state index contributed by atoms with van der Waals surface area (Å²) in [5, 5.41) is 21.1. The first kappa shape index (κ1) is 17.9. The average molecular weight is 312 g/mol. The Hall–Kier alpha value is -2.19. The minimum Gasteiger partial charge on any atom is -0.504 e. The van der Waals surface area contributed by atoms with Gasteiger partial charge in [0.25, 0.3) is 0 Å². The average Bonchev–Trinajstić information content (AvgIpc) is 2.41. The van der Waals surface area contributed by atoms with E-state index >= 15 is 0 Å². The minimum atomic E-state index is -0.972. The normalized spacial score (nSPS) is 17.4. The maximum Gasteiger partial charge on any atom is 0.239 e. The molecule has 0 aromatic rings. The highest BCUT2D eigenvalue weighted by molar-refractivity contribution is 6.21. The van der Waals surface area contributed by atoms with Crippen molar-refractivity contribution in [2.24, 2.45) is 5.73 Å². The van der Waals surface area contributed by atoms with Gasteiger partial charge >= 0.3 is 0 Å². The molecule has 1 aliphatic carbocycles. The van der Waals surface area contributed by atoms with Gasteiger partial charge in [0.2, 0.25) is 17.5 Å². The second kappa shape index (κ2) is 6.71. The number of Topliss-reactive ketones (excluding diaryl/α,β-unsaturated/α-hetero) is 1. The lowest BCUT2D eigenvalue weighted by atomic mass is 10.00. The number of aliphatic hydroxyl groups excluding tert-OH is 2. The summed E-state index contributed by atoms with van der Waals surface area (Å²) >= 11 is 0. The largest absolute Gasteiger partial charge is 0.504 e. The van der Waals surface area contributed by atoms with Crippen LogP contribution in [-0.2, 0) is 19.1 Å². The van der Waals surface area contributed by atoms with Gasteiger partial charge in [0.05, 0.1) is 24.3 Å². The van der Waals surface area contributed by atoms with Crippen LogP contribution in [-0.4, -0.2) is 52.5 Å². The molecular formula is C14H20N2O6. The number of carbonyl (C=O) groups is 3. The lowest BCUT2D eigenvalue weighted by molar-refractivity contribution is -0.125. The molecule has 0 saturated heterocycles. The van der Waals surface area contributed by atoms with Gasteiger partial charge in [0.1, 0.15) is 6.04 Å². The van der Waals surface area contributed by atoms with Gasteiger partial charge in [-0.15, -0.1) is 0 Å². The molecule has 1 atom stereocenters. The summed E-state index contributed by atoms with van der Waals surface area (Å²) in [5.41, 5.74) is 4.79. The van der Waals surface area contributed by atoms with Gasteiger partial charge < -0.3 is 26.0 Å². The van der Waals surface area contributed by atoms with Gasteiger partial charge in [0.15, 0.2) is 11.5 Å². The van der Waals surface area contributed by atoms with Crippen molar-refractivity contribution in [3.63, 3.8) is 0 Å². The highest BCUT2D eigenvalue weighted by Crippen LogP contribution is 2.15. The number of nitrogens with two attached hydrogens (primary N) is 1. The fraction of sp³-hybridized carbons (Fsp3) is 0.500. The standard InChI is InChI=1S/C14H20N2O6/c1-14(2,3)22-6-8(15)13(21)16-5-7-11(19)9(17)4-10(18)12(7)20/h4,8,17,20H,5-6,15H2,1-3H3,(H,16,21)/t8-/m0/s1. The van der Waals surface area contributed by atoms with E-state index in [2.05, 4.69) is 5.32 Å². The Morgan fingerprint density at radius 2 is 1.95 bits per heavy atom. The lowest BCUT2D eigenvalue weighted by Crippen LogP contribution is -2.46. The van der Waals surface area contributed by atoms with Gasteiger partial charge in [-0.2, -0.15) is 0 Å². The van der Waals surface area contributed by atoms with Crippen LogP contribution >= 0.6 is 0 Å². The molecule has 0 aliphatic heterocycles. The van der Waals surface area contributed by atoms with Gasteiger partial charge in [-0.05, 0) is 20.8 Å². The number of ketones is 2. The monoisotopic (exact) mass is 312 g/mol. The van der Waals surface area contributed by atoms with Crippen LogP contribution < -0.4 is 11.1 Å². The molecule has 0 spiro atoms. The third-order valence-electron chi connectivity index (χ3n) is 2.77. The summed E-state index contributed by atoms with van der Waals surface area (Å²) < 4.78 is 5.36. The van der Waals surface area contributed by atoms with Crippen LogP contribution in [0.15, 0.2) is 23.2 Å². The van der Waals surface area contributed by atoms with Crippen molar-refractivity contribution < 1.29 is 29.3 Å². The van der Waals surface area contributed by atoms with Gasteiger partial charge in [0, 0.05) is 6.08 Å². The van der Waals surface area contributed by atoms with E-state index in [1.165, 1.54) is 0 Å². The van der Waals surface area contributed by atoms with Crippen LogP contribution in [0.5, 0.6) is 0 Å². The number of ether oxygens (including phenoxy) is 1. The summed E-state index contributed by atoms with van der Waals surface area (Å²) in [5.74, 6) is -4.02. The Morgan fingerprint density at radius 3 is 2.50 bits per heavy atom. The maximum atomic E-state index is 11.8. The molecule has 1 amide bonds. The molecule has 0 unspecified atom stereocenters. The zero-order valence-corrected chi connectivity index (χ0v) is 12.7. The number of aliphatic hydroxyl groups is 2. The number of amides is 1. The highest BCUT2D eigenvalue weighted by atomic mass is 16.5. The molecule has 0 heterocycles. The van der Waals surface area contributed by atoms with Crippen LogP contribution in [0.4, 0.5) is 0 Å². The molecule has 0 radical (unpaired) electrons. The van der Waals surface area contributed by atoms with E-state index in [1.807, 2.05) is 20.8 Å². The predicted octanol–water partition coefficient (Wildman–Crippen LogP) is -0.349. The van der Waals surface area contributed by atoms with Crippen molar-refractivity contribution in [2.45, 2.75) is 32.4 Å². The lowest BCUT2D eigenvalue weighted by Gasteiger charge is -2.22. The van der Waals surface area contributed by atoms with Crippen LogP contribution in [0.1, 0.15) is 20.8 Å². The Morgan fingerprint density at radius 1 is 1.36 bits per heavy atom. The molecule has 122 valence electrons. The number of carbonyl (C=O) groups excluding carboxylic acids is 3. The molecule has 0 aromatic carbocycles. The molecule has 5 N–H and O–H groups in total. The van der Waals surface area contributed by atoms with Crippen molar-refractivity contribution in [3.05, 3.63) is 23.2 Å². The molecule has 8 heteroatoms. The summed E-state index contributed by atoms with van der Waals surface area (Å²) in [4.78, 5) is 34.7. The first-order chi connectivity index (χ1) is 10.0. The van der Waals surface area contributed by atoms with Gasteiger partial charge in [-0.3, -0.25) is 14.4 Å². The predicted molar refractivity (Wildman–Crippen MR) is 77.1 cm³/mol. The van der Waals surface area contributed by atoms with Gasteiger partial charge in [-0.25, -0.2) is 0 Å². The third-order valence-corrected chi connectivity index (χ3v) is 2.77. The minimum absolute atomic E-state index is 0.0294. The second-order valence-electron chi connectivity index (χ2n) is 5.80. The van der Waals surface area contributed by atoms with Crippen LogP contribution in [0.2, 0.25) is 0 Å². The fourth-order valence-electron chi connectivity index (χ4n) is 1.55. The van der Waals surface area contributed by atoms with E-state index in [1.54, 1.807) is 0 Å². The zero-order chi connectivity index (χ0) is 17.1. The molecule has 0 aromatic heterocycles. The molecule has 8 nitrogen and oxygen atoms in total. The van der Waals surface area contributed by atoms with E-state index in [9.17, 15) is 24.6 Å². The first-order valence-electron chi connectivity index (χ1n) is 6.62. The van der Waals surface area contributed by atoms with Crippen molar-refractivity contribution in [2.75, 3.05) is 13.2 Å². The number of nitrogens with one attached hydrogen (secondary N) is 1. The van der Waals surface area contributed by atoms with Crippen molar-refractivity contribution in [1.82, 2.24) is 5.32 Å². The quantitative estimate of drug-likeness (QED) is 0.509. The van der Waals surface area contributed by atoms with Crippen LogP contribution in [0.25, 0.3) is 0 Å². The number of hydrogen-bond donors (Lipinski definition) is 4. The Labute approximate surface area is 127 Å². The highest BCUT2D eigenvalue weighted by Gasteiger charge is 2.29. The summed E-state index contributed by atoms with van der Waals surface area (Å²) in [7, 11) is 0. The molecule has 1 rings (SSSR count). The fourth-order valence-corrected chi connectivity index (χ4v) is 1.55. The second-order valence-corrected chi connectivity index (χ2v) is 5.80. The number of rotatable bonds is 5. The molecule has 22 heavy (non-hydrogen) atoms. The van der Waals surface area contributed by atoms with Crippen LogP contribution in [0, 0.1) is 0 Å².